The molecule has 0 aliphatic rings. The first-order valence-electron chi connectivity index (χ1n) is 3.80. The monoisotopic (exact) mass is 213 g/mol. The van der Waals surface area contributed by atoms with Crippen LogP contribution < -0.4 is 0 Å². The zero-order chi connectivity index (χ0) is 10.2. The first kappa shape index (κ1) is 9.10. The third kappa shape index (κ3) is 1.73. The van der Waals surface area contributed by atoms with Gasteiger partial charge in [0.1, 0.15) is 5.52 Å². The molecule has 0 saturated carbocycles. The molecule has 0 aliphatic heterocycles. The van der Waals surface area contributed by atoms with Gasteiger partial charge in [-0.1, -0.05) is 17.3 Å². The van der Waals surface area contributed by atoms with Crippen LogP contribution in [-0.2, 0) is 16.0 Å². The van der Waals surface area contributed by atoms with Crippen molar-refractivity contribution in [3.8, 4) is 0 Å². The van der Waals surface area contributed by atoms with Crippen molar-refractivity contribution < 1.29 is 13.0 Å². The lowest BCUT2D eigenvalue weighted by molar-refractivity contribution is 0.466. The fourth-order valence-electron chi connectivity index (χ4n) is 1.17. The summed E-state index contributed by atoms with van der Waals surface area (Å²) in [6.45, 7) is 0. The van der Waals surface area contributed by atoms with Gasteiger partial charge in [-0.15, -0.1) is 5.10 Å². The van der Waals surface area contributed by atoms with Gasteiger partial charge in [-0.05, 0) is 12.1 Å². The molecule has 2 rings (SSSR count). The van der Waals surface area contributed by atoms with Crippen molar-refractivity contribution in [2.45, 2.75) is 5.88 Å². The fraction of sp³-hybridized carbons (Fsp3) is 0.143. The van der Waals surface area contributed by atoms with Crippen LogP contribution in [0, 0.1) is 0 Å². The molecule has 0 bridgehead atoms. The summed E-state index contributed by atoms with van der Waals surface area (Å²) in [5, 5.41) is 7.35. The summed E-state index contributed by atoms with van der Waals surface area (Å²) in [5.74, 6) is -0.576. The molecule has 1 N–H and O–H groups in total. The van der Waals surface area contributed by atoms with Crippen LogP contribution in [0.15, 0.2) is 24.3 Å². The summed E-state index contributed by atoms with van der Waals surface area (Å²) >= 11 is 0. The quantitative estimate of drug-likeness (QED) is 0.724. The first-order valence-corrected chi connectivity index (χ1v) is 5.40. The van der Waals surface area contributed by atoms with Crippen molar-refractivity contribution in [1.29, 1.82) is 0 Å². The van der Waals surface area contributed by atoms with Crippen molar-refractivity contribution in [3.05, 3.63) is 24.3 Å². The molecule has 0 unspecified atom stereocenters. The lowest BCUT2D eigenvalue weighted by Gasteiger charge is -1.97. The number of para-hydroxylation sites is 1. The van der Waals surface area contributed by atoms with E-state index in [0.717, 1.165) is 4.68 Å². The van der Waals surface area contributed by atoms with Crippen LogP contribution >= 0.6 is 0 Å². The summed E-state index contributed by atoms with van der Waals surface area (Å²) in [6, 6.07) is 6.91. The Labute approximate surface area is 79.9 Å². The van der Waals surface area contributed by atoms with Crippen molar-refractivity contribution >= 4 is 21.2 Å². The Balaban J connectivity index is 2.54. The predicted octanol–water partition coefficient (Wildman–Crippen LogP) is 0.277. The van der Waals surface area contributed by atoms with E-state index in [4.69, 9.17) is 4.55 Å². The highest BCUT2D eigenvalue weighted by atomic mass is 32.2. The van der Waals surface area contributed by atoms with E-state index in [1.54, 1.807) is 24.3 Å². The third-order valence-corrected chi connectivity index (χ3v) is 2.28. The number of fused-ring (bicyclic) bond motifs is 1. The molecular weight excluding hydrogens is 206 g/mol. The van der Waals surface area contributed by atoms with E-state index in [9.17, 15) is 8.42 Å². The molecule has 1 aromatic carbocycles. The molecule has 0 amide bonds. The lowest BCUT2D eigenvalue weighted by Crippen LogP contribution is -2.10. The van der Waals surface area contributed by atoms with Gasteiger partial charge >= 0.3 is 0 Å². The minimum atomic E-state index is -4.08. The topological polar surface area (TPSA) is 85.1 Å². The van der Waals surface area contributed by atoms with Crippen molar-refractivity contribution in [1.82, 2.24) is 15.0 Å². The molecule has 7 heteroatoms. The number of hydrogen-bond acceptors (Lipinski definition) is 4. The molecule has 1 heterocycles. The van der Waals surface area contributed by atoms with Crippen LogP contribution in [-0.4, -0.2) is 28.0 Å². The Morgan fingerprint density at radius 3 is 2.79 bits per heavy atom. The molecule has 0 radical (unpaired) electrons. The fourth-order valence-corrected chi connectivity index (χ4v) is 1.67. The minimum absolute atomic E-state index is 0.574. The van der Waals surface area contributed by atoms with Gasteiger partial charge in [0.15, 0.2) is 5.88 Å². The van der Waals surface area contributed by atoms with Gasteiger partial charge in [-0.2, -0.15) is 8.42 Å². The number of benzene rings is 1. The maximum Gasteiger partial charge on any atom is 0.285 e. The number of aromatic nitrogens is 3. The van der Waals surface area contributed by atoms with E-state index in [2.05, 4.69) is 10.3 Å². The molecule has 14 heavy (non-hydrogen) atoms. The van der Waals surface area contributed by atoms with Gasteiger partial charge in [0.25, 0.3) is 10.1 Å². The summed E-state index contributed by atoms with van der Waals surface area (Å²) < 4.78 is 31.0. The molecule has 0 spiro atoms. The molecule has 2 aromatic rings. The summed E-state index contributed by atoms with van der Waals surface area (Å²) in [4.78, 5) is 0. The van der Waals surface area contributed by atoms with Crippen LogP contribution in [0.5, 0.6) is 0 Å². The molecule has 6 nitrogen and oxygen atoms in total. The highest BCUT2D eigenvalue weighted by Gasteiger charge is 2.10. The summed E-state index contributed by atoms with van der Waals surface area (Å²) in [6.07, 6.45) is 0. The van der Waals surface area contributed by atoms with Crippen LogP contribution in [0.2, 0.25) is 0 Å². The molecule has 0 atom stereocenters. The lowest BCUT2D eigenvalue weighted by atomic mass is 10.3. The number of rotatable bonds is 2. The second kappa shape index (κ2) is 3.03. The van der Waals surface area contributed by atoms with E-state index in [-0.39, 0.29) is 0 Å². The number of hydrogen-bond donors (Lipinski definition) is 1. The minimum Gasteiger partial charge on any atom is -0.284 e. The second-order valence-electron chi connectivity index (χ2n) is 2.79. The molecule has 74 valence electrons. The maximum atomic E-state index is 10.6. The highest BCUT2D eigenvalue weighted by molar-refractivity contribution is 7.84. The Morgan fingerprint density at radius 1 is 1.36 bits per heavy atom. The predicted molar refractivity (Wildman–Crippen MR) is 49.1 cm³/mol. The Bertz CT molecular complexity index is 560. The van der Waals surface area contributed by atoms with Crippen LogP contribution in [0.25, 0.3) is 11.0 Å². The van der Waals surface area contributed by atoms with Gasteiger partial charge in [0.05, 0.1) is 5.52 Å². The van der Waals surface area contributed by atoms with Crippen molar-refractivity contribution in [3.63, 3.8) is 0 Å². The van der Waals surface area contributed by atoms with Gasteiger partial charge in [0, 0.05) is 0 Å². The molecular formula is C7H7N3O3S. The van der Waals surface area contributed by atoms with E-state index in [1.165, 1.54) is 0 Å². The smallest absolute Gasteiger partial charge is 0.284 e. The van der Waals surface area contributed by atoms with Gasteiger partial charge in [-0.3, -0.25) is 4.55 Å². The Hall–Kier alpha value is -1.47. The van der Waals surface area contributed by atoms with Crippen LogP contribution in [0.3, 0.4) is 0 Å². The van der Waals surface area contributed by atoms with E-state index in [1.807, 2.05) is 0 Å². The molecule has 1 aromatic heterocycles. The second-order valence-corrected chi connectivity index (χ2v) is 4.21. The average molecular weight is 213 g/mol. The zero-order valence-electron chi connectivity index (χ0n) is 7.03. The van der Waals surface area contributed by atoms with Crippen molar-refractivity contribution in [2.75, 3.05) is 0 Å². The average Bonchev–Trinajstić information content (AvgIpc) is 2.47. The highest BCUT2D eigenvalue weighted by Crippen LogP contribution is 2.09. The Kier molecular flexibility index (Phi) is 1.97. The van der Waals surface area contributed by atoms with Crippen LogP contribution in [0.4, 0.5) is 0 Å². The largest absolute Gasteiger partial charge is 0.285 e. The van der Waals surface area contributed by atoms with Crippen molar-refractivity contribution in [2.24, 2.45) is 0 Å². The SMILES string of the molecule is O=S(=O)(O)Cn1nnc2ccccc21. The van der Waals surface area contributed by atoms with Gasteiger partial charge in [-0.25, -0.2) is 4.68 Å². The molecule has 0 fully saturated rings. The maximum absolute atomic E-state index is 10.6. The molecule has 0 aliphatic carbocycles. The van der Waals surface area contributed by atoms with E-state index < -0.39 is 16.0 Å². The van der Waals surface area contributed by atoms with E-state index in [0.29, 0.717) is 11.0 Å². The summed E-state index contributed by atoms with van der Waals surface area (Å²) in [5.41, 5.74) is 1.17. The van der Waals surface area contributed by atoms with Gasteiger partial charge in [0.2, 0.25) is 0 Å². The van der Waals surface area contributed by atoms with Crippen LogP contribution in [0.1, 0.15) is 0 Å². The van der Waals surface area contributed by atoms with Gasteiger partial charge < -0.3 is 0 Å². The first-order chi connectivity index (χ1) is 6.56. The Morgan fingerprint density at radius 2 is 2.07 bits per heavy atom. The standard InChI is InChI=1S/C7H7N3O3S/c11-14(12,13)5-10-7-4-2-1-3-6(7)8-9-10/h1-4H,5H2,(H,11,12,13). The van der Waals surface area contributed by atoms with E-state index >= 15 is 0 Å². The normalized spacial score (nSPS) is 12.1. The molecule has 0 saturated heterocycles. The zero-order valence-corrected chi connectivity index (χ0v) is 7.85. The summed E-state index contributed by atoms with van der Waals surface area (Å²) in [7, 11) is -4.08. The number of nitrogens with zero attached hydrogens (tertiary/aromatic N) is 3. The third-order valence-electron chi connectivity index (χ3n) is 1.71.